The van der Waals surface area contributed by atoms with Gasteiger partial charge >= 0.3 is 0 Å². The molecule has 0 aromatic carbocycles. The third kappa shape index (κ3) is 3.20. The Morgan fingerprint density at radius 1 is 1.16 bits per heavy atom. The van der Waals surface area contributed by atoms with Crippen molar-refractivity contribution in [1.82, 2.24) is 20.0 Å². The molecule has 0 atom stereocenters. The Bertz CT molecular complexity index is 744. The molecule has 8 heteroatoms. The smallest absolute Gasteiger partial charge is 0.276 e. The maximum atomic E-state index is 13.4. The van der Waals surface area contributed by atoms with Gasteiger partial charge in [0.05, 0.1) is 5.69 Å². The van der Waals surface area contributed by atoms with Crippen molar-refractivity contribution in [3.63, 3.8) is 0 Å². The van der Waals surface area contributed by atoms with E-state index in [0.29, 0.717) is 57.6 Å². The lowest BCUT2D eigenvalue weighted by atomic mass is 10.1. The van der Waals surface area contributed by atoms with Gasteiger partial charge in [0, 0.05) is 44.2 Å². The zero-order valence-corrected chi connectivity index (χ0v) is 13.9. The third-order valence-corrected chi connectivity index (χ3v) is 4.93. The summed E-state index contributed by atoms with van der Waals surface area (Å²) >= 11 is 0. The Kier molecular flexibility index (Phi) is 4.33. The van der Waals surface area contributed by atoms with Gasteiger partial charge in [-0.15, -0.1) is 0 Å². The maximum absolute atomic E-state index is 13.4. The molecule has 2 aliphatic rings. The van der Waals surface area contributed by atoms with Crippen LogP contribution >= 0.6 is 0 Å². The number of anilines is 1. The zero-order valence-electron chi connectivity index (χ0n) is 13.9. The molecule has 1 saturated heterocycles. The van der Waals surface area contributed by atoms with Crippen LogP contribution in [0.1, 0.15) is 34.6 Å². The van der Waals surface area contributed by atoms with E-state index in [9.17, 15) is 9.18 Å². The Balaban J connectivity index is 1.53. The molecule has 1 fully saturated rings. The van der Waals surface area contributed by atoms with Gasteiger partial charge in [-0.2, -0.15) is 0 Å². The van der Waals surface area contributed by atoms with Crippen LogP contribution in [0.25, 0.3) is 0 Å². The van der Waals surface area contributed by atoms with Crippen molar-refractivity contribution in [1.29, 1.82) is 0 Å². The average molecular weight is 345 g/mol. The fourth-order valence-corrected chi connectivity index (χ4v) is 3.53. The number of hydrogen-bond donors (Lipinski definition) is 0. The highest BCUT2D eigenvalue weighted by molar-refractivity contribution is 5.92. The van der Waals surface area contributed by atoms with Crippen LogP contribution < -0.4 is 4.90 Å². The zero-order chi connectivity index (χ0) is 17.2. The number of rotatable bonds is 2. The molecule has 2 aromatic heterocycles. The Morgan fingerprint density at radius 2 is 1.96 bits per heavy atom. The lowest BCUT2D eigenvalue weighted by Crippen LogP contribution is -2.36. The van der Waals surface area contributed by atoms with Crippen LogP contribution in [0.2, 0.25) is 0 Å². The third-order valence-electron chi connectivity index (χ3n) is 4.93. The van der Waals surface area contributed by atoms with Gasteiger partial charge in [0.2, 0.25) is 0 Å². The van der Waals surface area contributed by atoms with Crippen molar-refractivity contribution in [3.8, 4) is 0 Å². The average Bonchev–Trinajstić information content (AvgIpc) is 3.08. The first-order valence-electron chi connectivity index (χ1n) is 8.64. The highest BCUT2D eigenvalue weighted by atomic mass is 19.1. The topological polar surface area (TPSA) is 75.4 Å². The molecule has 132 valence electrons. The van der Waals surface area contributed by atoms with Crippen LogP contribution in [0.5, 0.6) is 0 Å². The first-order chi connectivity index (χ1) is 12.2. The van der Waals surface area contributed by atoms with E-state index in [2.05, 4.69) is 20.0 Å². The lowest BCUT2D eigenvalue weighted by Gasteiger charge is -2.31. The predicted octanol–water partition coefficient (Wildman–Crippen LogP) is 1.64. The fourth-order valence-electron chi connectivity index (χ4n) is 3.53. The highest BCUT2D eigenvalue weighted by Crippen LogP contribution is 2.27. The van der Waals surface area contributed by atoms with Gasteiger partial charge in [-0.05, 0) is 19.3 Å². The SMILES string of the molecule is O=C(c1ccon1)N1CCc2ncnc(N3CCC(F)CC3)c2CC1. The minimum absolute atomic E-state index is 0.130. The number of aromatic nitrogens is 3. The first-order valence-corrected chi connectivity index (χ1v) is 8.64. The van der Waals surface area contributed by atoms with Gasteiger partial charge in [0.15, 0.2) is 5.69 Å². The van der Waals surface area contributed by atoms with Crippen molar-refractivity contribution in [2.45, 2.75) is 31.9 Å². The van der Waals surface area contributed by atoms with Crippen LogP contribution in [-0.2, 0) is 12.8 Å². The monoisotopic (exact) mass is 345 g/mol. The van der Waals surface area contributed by atoms with E-state index in [-0.39, 0.29) is 5.91 Å². The second kappa shape index (κ2) is 6.78. The molecule has 0 radical (unpaired) electrons. The summed E-state index contributed by atoms with van der Waals surface area (Å²) in [6.45, 7) is 2.51. The van der Waals surface area contributed by atoms with Gasteiger partial charge in [-0.3, -0.25) is 4.79 Å². The normalized spacial score (nSPS) is 18.8. The van der Waals surface area contributed by atoms with Crippen LogP contribution in [0.15, 0.2) is 23.2 Å². The highest BCUT2D eigenvalue weighted by Gasteiger charge is 2.27. The summed E-state index contributed by atoms with van der Waals surface area (Å²) in [4.78, 5) is 25.3. The van der Waals surface area contributed by atoms with Gasteiger partial charge in [0.1, 0.15) is 24.6 Å². The summed E-state index contributed by atoms with van der Waals surface area (Å²) in [5.41, 5.74) is 2.38. The molecule has 0 saturated carbocycles. The van der Waals surface area contributed by atoms with E-state index in [1.807, 2.05) is 0 Å². The second-order valence-corrected chi connectivity index (χ2v) is 6.46. The largest absolute Gasteiger partial charge is 0.364 e. The van der Waals surface area contributed by atoms with Crippen LogP contribution in [0.3, 0.4) is 0 Å². The molecule has 4 heterocycles. The minimum atomic E-state index is -0.715. The molecule has 0 aliphatic carbocycles. The van der Waals surface area contributed by atoms with Crippen molar-refractivity contribution < 1.29 is 13.7 Å². The molecule has 0 spiro atoms. The van der Waals surface area contributed by atoms with E-state index >= 15 is 0 Å². The van der Waals surface area contributed by atoms with Crippen LogP contribution in [-0.4, -0.2) is 58.3 Å². The number of carbonyl (C=O) groups is 1. The van der Waals surface area contributed by atoms with Gasteiger partial charge in [-0.25, -0.2) is 14.4 Å². The number of fused-ring (bicyclic) bond motifs is 1. The van der Waals surface area contributed by atoms with E-state index in [4.69, 9.17) is 4.52 Å². The molecular weight excluding hydrogens is 325 g/mol. The molecule has 2 aliphatic heterocycles. The Hall–Kier alpha value is -2.51. The standard InChI is InChI=1S/C17H20FN5O2/c18-12-1-6-22(7-2-12)16-13-3-8-23(9-4-14(13)19-11-20-16)17(24)15-5-10-25-21-15/h5,10-12H,1-4,6-9H2. The first kappa shape index (κ1) is 16.0. The summed E-state index contributed by atoms with van der Waals surface area (Å²) < 4.78 is 18.2. The van der Waals surface area contributed by atoms with Crippen molar-refractivity contribution in [2.75, 3.05) is 31.1 Å². The van der Waals surface area contributed by atoms with Crippen LogP contribution in [0.4, 0.5) is 10.2 Å². The molecule has 0 bridgehead atoms. The summed E-state index contributed by atoms with van der Waals surface area (Å²) in [5, 5.41) is 3.73. The number of carbonyl (C=O) groups excluding carboxylic acids is 1. The molecule has 0 unspecified atom stereocenters. The molecule has 25 heavy (non-hydrogen) atoms. The molecule has 2 aromatic rings. The number of hydrogen-bond acceptors (Lipinski definition) is 6. The quantitative estimate of drug-likeness (QED) is 0.824. The fraction of sp³-hybridized carbons (Fsp3) is 0.529. The predicted molar refractivity (Wildman–Crippen MR) is 88.2 cm³/mol. The number of halogens is 1. The van der Waals surface area contributed by atoms with Gasteiger partial charge < -0.3 is 14.3 Å². The summed E-state index contributed by atoms with van der Waals surface area (Å²) in [5.74, 6) is 0.766. The molecule has 4 rings (SSSR count). The summed E-state index contributed by atoms with van der Waals surface area (Å²) in [6, 6.07) is 1.58. The lowest BCUT2D eigenvalue weighted by molar-refractivity contribution is 0.0752. The number of nitrogens with zero attached hydrogens (tertiary/aromatic N) is 5. The molecule has 7 nitrogen and oxygen atoms in total. The van der Waals surface area contributed by atoms with Crippen molar-refractivity contribution in [3.05, 3.63) is 35.6 Å². The molecular formula is C17H20FN5O2. The van der Waals surface area contributed by atoms with E-state index < -0.39 is 6.17 Å². The number of alkyl halides is 1. The summed E-state index contributed by atoms with van der Waals surface area (Å²) in [7, 11) is 0. The number of amides is 1. The van der Waals surface area contributed by atoms with E-state index in [0.717, 1.165) is 17.1 Å². The molecule has 0 N–H and O–H groups in total. The van der Waals surface area contributed by atoms with Crippen molar-refractivity contribution >= 4 is 11.7 Å². The van der Waals surface area contributed by atoms with Gasteiger partial charge in [-0.1, -0.05) is 5.16 Å². The van der Waals surface area contributed by atoms with Crippen molar-refractivity contribution in [2.24, 2.45) is 0 Å². The second-order valence-electron chi connectivity index (χ2n) is 6.46. The maximum Gasteiger partial charge on any atom is 0.276 e. The van der Waals surface area contributed by atoms with E-state index in [1.54, 1.807) is 17.3 Å². The summed E-state index contributed by atoms with van der Waals surface area (Å²) in [6.07, 6.45) is 4.69. The van der Waals surface area contributed by atoms with Gasteiger partial charge in [0.25, 0.3) is 5.91 Å². The Morgan fingerprint density at radius 3 is 2.72 bits per heavy atom. The Labute approximate surface area is 144 Å². The molecule has 1 amide bonds. The minimum Gasteiger partial charge on any atom is -0.364 e. The van der Waals surface area contributed by atoms with E-state index in [1.165, 1.54) is 6.26 Å². The van der Waals surface area contributed by atoms with Crippen LogP contribution in [0, 0.1) is 0 Å². The number of piperidine rings is 1.